The van der Waals surface area contributed by atoms with Gasteiger partial charge in [-0.3, -0.25) is 0 Å². The maximum atomic E-state index is 2.43. The Labute approximate surface area is 101 Å². The van der Waals surface area contributed by atoms with E-state index in [-0.39, 0.29) is 0 Å². The van der Waals surface area contributed by atoms with E-state index in [4.69, 9.17) is 0 Å². The summed E-state index contributed by atoms with van der Waals surface area (Å²) in [7, 11) is 2.23. The number of nitrogens with zero attached hydrogens (tertiary/aromatic N) is 1. The van der Waals surface area contributed by atoms with E-state index in [0.717, 1.165) is 0 Å². The summed E-state index contributed by atoms with van der Waals surface area (Å²) >= 11 is 0. The molecule has 0 amide bonds. The predicted molar refractivity (Wildman–Crippen MR) is 72.4 cm³/mol. The van der Waals surface area contributed by atoms with Crippen LogP contribution in [0.5, 0.6) is 0 Å². The molecule has 1 heterocycles. The van der Waals surface area contributed by atoms with Crippen LogP contribution in [0.25, 0.3) is 0 Å². The number of hydrogen-bond acceptors (Lipinski definition) is 0. The molecule has 0 bridgehead atoms. The van der Waals surface area contributed by atoms with Crippen molar-refractivity contribution >= 4 is 0 Å². The highest BCUT2D eigenvalue weighted by atomic mass is 15.0. The van der Waals surface area contributed by atoms with Gasteiger partial charge in [0.25, 0.3) is 0 Å². The van der Waals surface area contributed by atoms with Gasteiger partial charge < -0.3 is 4.57 Å². The first-order valence-corrected chi connectivity index (χ1v) is 6.47. The number of hydrogen-bond donors (Lipinski definition) is 0. The van der Waals surface area contributed by atoms with Crippen LogP contribution in [0.15, 0.2) is 0 Å². The summed E-state index contributed by atoms with van der Waals surface area (Å²) in [6.45, 7) is 16.1. The third-order valence-electron chi connectivity index (χ3n) is 3.46. The zero-order valence-electron chi connectivity index (χ0n) is 12.2. The largest absolute Gasteiger partial charge is 0.351 e. The number of aromatic nitrogens is 1. The van der Waals surface area contributed by atoms with E-state index in [0.29, 0.717) is 17.8 Å². The monoisotopic (exact) mass is 221 g/mol. The lowest BCUT2D eigenvalue weighted by Gasteiger charge is -2.15. The van der Waals surface area contributed by atoms with Crippen LogP contribution in [0.2, 0.25) is 0 Å². The fourth-order valence-electron chi connectivity index (χ4n) is 3.14. The topological polar surface area (TPSA) is 4.93 Å². The highest BCUT2D eigenvalue weighted by molar-refractivity contribution is 5.42. The molecule has 92 valence electrons. The third-order valence-corrected chi connectivity index (χ3v) is 3.46. The van der Waals surface area contributed by atoms with Gasteiger partial charge in [0.15, 0.2) is 0 Å². The minimum absolute atomic E-state index is 0.605. The van der Waals surface area contributed by atoms with Crippen molar-refractivity contribution < 1.29 is 0 Å². The van der Waals surface area contributed by atoms with Crippen molar-refractivity contribution in [1.29, 1.82) is 0 Å². The lowest BCUT2D eigenvalue weighted by molar-refractivity contribution is 0.667. The molecule has 0 aliphatic heterocycles. The maximum absolute atomic E-state index is 2.43. The molecule has 1 aromatic heterocycles. The van der Waals surface area contributed by atoms with Gasteiger partial charge in [0, 0.05) is 18.4 Å². The quantitative estimate of drug-likeness (QED) is 0.697. The van der Waals surface area contributed by atoms with E-state index < -0.39 is 0 Å². The average molecular weight is 221 g/mol. The zero-order valence-corrected chi connectivity index (χ0v) is 12.2. The van der Waals surface area contributed by atoms with Crippen LogP contribution >= 0.6 is 0 Å². The molecule has 0 saturated heterocycles. The average Bonchev–Trinajstić information content (AvgIpc) is 2.36. The van der Waals surface area contributed by atoms with Gasteiger partial charge in [-0.15, -0.1) is 0 Å². The third kappa shape index (κ3) is 2.05. The highest BCUT2D eigenvalue weighted by Crippen LogP contribution is 2.35. The molecule has 0 saturated carbocycles. The summed E-state index contributed by atoms with van der Waals surface area (Å²) in [5.41, 5.74) is 6.11. The van der Waals surface area contributed by atoms with Crippen LogP contribution in [0.3, 0.4) is 0 Å². The van der Waals surface area contributed by atoms with Crippen LogP contribution in [0.4, 0.5) is 0 Å². The summed E-state index contributed by atoms with van der Waals surface area (Å²) < 4.78 is 2.43. The molecule has 0 fully saturated rings. The molecule has 1 rings (SSSR count). The Morgan fingerprint density at radius 1 is 0.750 bits per heavy atom. The Morgan fingerprint density at radius 3 is 1.44 bits per heavy atom. The van der Waals surface area contributed by atoms with Gasteiger partial charge in [-0.2, -0.15) is 0 Å². The van der Waals surface area contributed by atoms with Crippen molar-refractivity contribution in [2.24, 2.45) is 7.05 Å². The van der Waals surface area contributed by atoms with Gasteiger partial charge in [0.05, 0.1) is 0 Å². The minimum atomic E-state index is 0.605. The van der Waals surface area contributed by atoms with Crippen LogP contribution < -0.4 is 0 Å². The molecular weight excluding hydrogens is 194 g/mol. The van der Waals surface area contributed by atoms with E-state index in [1.807, 2.05) is 0 Å². The maximum Gasteiger partial charge on any atom is 0.0237 e. The molecule has 0 aliphatic carbocycles. The van der Waals surface area contributed by atoms with E-state index in [2.05, 4.69) is 60.1 Å². The molecule has 0 aromatic carbocycles. The van der Waals surface area contributed by atoms with Crippen molar-refractivity contribution in [3.63, 3.8) is 0 Å². The summed E-state index contributed by atoms with van der Waals surface area (Å²) in [6, 6.07) is 0. The molecule has 0 radical (unpaired) electrons. The molecule has 0 aliphatic rings. The van der Waals surface area contributed by atoms with Gasteiger partial charge in [-0.25, -0.2) is 0 Å². The van der Waals surface area contributed by atoms with E-state index in [1.54, 1.807) is 5.56 Å². The first kappa shape index (κ1) is 13.3. The highest BCUT2D eigenvalue weighted by Gasteiger charge is 2.22. The molecule has 16 heavy (non-hydrogen) atoms. The Kier molecular flexibility index (Phi) is 3.88. The van der Waals surface area contributed by atoms with Crippen molar-refractivity contribution in [2.75, 3.05) is 0 Å². The molecule has 1 aromatic rings. The lowest BCUT2D eigenvalue weighted by Crippen LogP contribution is -2.05. The van der Waals surface area contributed by atoms with Gasteiger partial charge in [-0.1, -0.05) is 41.5 Å². The fourth-order valence-corrected chi connectivity index (χ4v) is 3.14. The summed E-state index contributed by atoms with van der Waals surface area (Å²) in [5, 5.41) is 0. The molecule has 0 unspecified atom stereocenters. The first-order chi connectivity index (χ1) is 7.29. The van der Waals surface area contributed by atoms with Crippen molar-refractivity contribution in [2.45, 2.75) is 66.2 Å². The first-order valence-electron chi connectivity index (χ1n) is 6.47. The normalized spacial score (nSPS) is 12.2. The van der Waals surface area contributed by atoms with Gasteiger partial charge in [-0.05, 0) is 35.8 Å². The van der Waals surface area contributed by atoms with Crippen LogP contribution in [0.1, 0.15) is 81.8 Å². The molecule has 0 spiro atoms. The van der Waals surface area contributed by atoms with Crippen molar-refractivity contribution in [3.8, 4) is 0 Å². The molecule has 1 heteroatoms. The van der Waals surface area contributed by atoms with Gasteiger partial charge in [0.1, 0.15) is 0 Å². The van der Waals surface area contributed by atoms with Gasteiger partial charge >= 0.3 is 0 Å². The van der Waals surface area contributed by atoms with Crippen LogP contribution in [-0.2, 0) is 7.05 Å². The summed E-state index contributed by atoms with van der Waals surface area (Å²) in [4.78, 5) is 0. The van der Waals surface area contributed by atoms with Crippen molar-refractivity contribution in [1.82, 2.24) is 4.57 Å². The van der Waals surface area contributed by atoms with Gasteiger partial charge in [0.2, 0.25) is 0 Å². The Hall–Kier alpha value is -0.720. The lowest BCUT2D eigenvalue weighted by atomic mass is 9.93. The molecule has 0 N–H and O–H groups in total. The van der Waals surface area contributed by atoms with E-state index in [1.165, 1.54) is 17.0 Å². The Bertz CT molecular complexity index is 336. The van der Waals surface area contributed by atoms with E-state index >= 15 is 0 Å². The SMILES string of the molecule is Cc1c(C(C)C)c(C(C)C)n(C)c1C(C)C. The summed E-state index contributed by atoms with van der Waals surface area (Å²) in [6.07, 6.45) is 0. The number of rotatable bonds is 3. The molecule has 1 nitrogen and oxygen atoms in total. The smallest absolute Gasteiger partial charge is 0.0237 e. The minimum Gasteiger partial charge on any atom is -0.351 e. The van der Waals surface area contributed by atoms with Crippen LogP contribution in [-0.4, -0.2) is 4.57 Å². The molecular formula is C15H27N. The van der Waals surface area contributed by atoms with Crippen molar-refractivity contribution in [3.05, 3.63) is 22.5 Å². The Morgan fingerprint density at radius 2 is 1.19 bits per heavy atom. The second-order valence-corrected chi connectivity index (χ2v) is 5.83. The van der Waals surface area contributed by atoms with E-state index in [9.17, 15) is 0 Å². The predicted octanol–water partition coefficient (Wildman–Crippen LogP) is 4.70. The second kappa shape index (κ2) is 4.65. The standard InChI is InChI=1S/C15H27N/c1-9(2)13-12(7)14(10(3)4)16(8)15(13)11(5)6/h9-11H,1-8H3. The second-order valence-electron chi connectivity index (χ2n) is 5.83. The fraction of sp³-hybridized carbons (Fsp3) is 0.733. The summed E-state index contributed by atoms with van der Waals surface area (Å²) in [5.74, 6) is 1.83. The molecule has 0 atom stereocenters. The Balaban J connectivity index is 3.53. The zero-order chi connectivity index (χ0) is 12.6. The van der Waals surface area contributed by atoms with Crippen LogP contribution in [0, 0.1) is 6.92 Å².